The van der Waals surface area contributed by atoms with Crippen LogP contribution in [0.5, 0.6) is 0 Å². The van der Waals surface area contributed by atoms with E-state index >= 15 is 0 Å². The molecule has 1 aliphatic rings. The Kier molecular flexibility index (Phi) is 5.15. The van der Waals surface area contributed by atoms with Crippen LogP contribution in [0.3, 0.4) is 0 Å². The van der Waals surface area contributed by atoms with Crippen LogP contribution in [-0.4, -0.2) is 23.2 Å². The maximum Gasteiger partial charge on any atom is 0.335 e. The van der Waals surface area contributed by atoms with E-state index in [1.54, 1.807) is 34.9 Å². The first-order valence-corrected chi connectivity index (χ1v) is 10.7. The molecule has 28 heavy (non-hydrogen) atoms. The van der Waals surface area contributed by atoms with Gasteiger partial charge in [-0.3, -0.25) is 4.79 Å². The van der Waals surface area contributed by atoms with Crippen LogP contribution in [0.1, 0.15) is 26.3 Å². The Morgan fingerprint density at radius 1 is 1.04 bits per heavy atom. The minimum atomic E-state index is -1.01. The molecule has 0 radical (unpaired) electrons. The number of hydrogen-bond acceptors (Lipinski definition) is 4. The number of carboxylic acid groups (broad SMARTS) is 1. The summed E-state index contributed by atoms with van der Waals surface area (Å²) in [6.45, 7) is 0.373. The molecule has 4 rings (SSSR count). The van der Waals surface area contributed by atoms with Crippen LogP contribution in [0, 0.1) is 0 Å². The summed E-state index contributed by atoms with van der Waals surface area (Å²) in [5.41, 5.74) is 2.41. The van der Waals surface area contributed by atoms with Crippen molar-refractivity contribution in [3.63, 3.8) is 0 Å². The highest BCUT2D eigenvalue weighted by molar-refractivity contribution is 7.99. The lowest BCUT2D eigenvalue weighted by Crippen LogP contribution is -2.30. The van der Waals surface area contributed by atoms with Crippen molar-refractivity contribution in [1.29, 1.82) is 0 Å². The zero-order valence-corrected chi connectivity index (χ0v) is 16.7. The summed E-state index contributed by atoms with van der Waals surface area (Å²) < 4.78 is 0. The van der Waals surface area contributed by atoms with Crippen molar-refractivity contribution in [3.05, 3.63) is 83.4 Å². The second-order valence-corrected chi connectivity index (χ2v) is 8.29. The monoisotopic (exact) mass is 407 g/mol. The minimum absolute atomic E-state index is 0.127. The summed E-state index contributed by atoms with van der Waals surface area (Å²) in [5.74, 6) is -1.13. The van der Waals surface area contributed by atoms with Crippen molar-refractivity contribution < 1.29 is 14.7 Å². The zero-order chi connectivity index (χ0) is 19.7. The molecule has 1 aliphatic heterocycles. The third kappa shape index (κ3) is 3.53. The molecule has 4 nitrogen and oxygen atoms in total. The lowest BCUT2D eigenvalue weighted by atomic mass is 10.1. The first-order chi connectivity index (χ1) is 13.6. The molecule has 0 bridgehead atoms. The van der Waals surface area contributed by atoms with Gasteiger partial charge in [-0.05, 0) is 54.3 Å². The van der Waals surface area contributed by atoms with Crippen LogP contribution in [0.2, 0.25) is 0 Å². The molecule has 0 spiro atoms. The molecule has 0 fully saturated rings. The van der Waals surface area contributed by atoms with Gasteiger partial charge < -0.3 is 10.0 Å². The molecule has 3 aromatic carbocycles. The summed E-state index contributed by atoms with van der Waals surface area (Å²) in [7, 11) is 0. The van der Waals surface area contributed by atoms with Crippen molar-refractivity contribution in [3.8, 4) is 0 Å². The van der Waals surface area contributed by atoms with E-state index in [2.05, 4.69) is 0 Å². The number of anilines is 1. The molecular weight excluding hydrogens is 390 g/mol. The Bertz CT molecular complexity index is 1060. The fourth-order valence-corrected chi connectivity index (χ4v) is 4.59. The lowest BCUT2D eigenvalue weighted by molar-refractivity contribution is 0.0696. The second kappa shape index (κ2) is 7.73. The maximum atomic E-state index is 13.4. The number of thioether (sulfide) groups is 1. The Hall–Kier alpha value is -2.70. The van der Waals surface area contributed by atoms with E-state index in [-0.39, 0.29) is 11.5 Å². The number of carboxylic acids is 1. The third-order valence-corrected chi connectivity index (χ3v) is 6.46. The number of benzene rings is 3. The van der Waals surface area contributed by atoms with E-state index in [0.717, 1.165) is 20.2 Å². The Labute approximate surface area is 171 Å². The molecule has 0 atom stereocenters. The number of carbonyl (C=O) groups is 2. The third-order valence-electron chi connectivity index (χ3n) is 4.58. The molecule has 1 N–H and O–H groups in total. The van der Waals surface area contributed by atoms with E-state index in [1.807, 2.05) is 54.8 Å². The molecule has 1 heterocycles. The molecule has 140 valence electrons. The number of aromatic carboxylic acids is 1. The van der Waals surface area contributed by atoms with E-state index in [1.165, 1.54) is 11.8 Å². The molecule has 3 aromatic rings. The van der Waals surface area contributed by atoms with Crippen LogP contribution in [0.4, 0.5) is 5.69 Å². The van der Waals surface area contributed by atoms with Crippen molar-refractivity contribution in [1.82, 2.24) is 0 Å². The highest BCUT2D eigenvalue weighted by Crippen LogP contribution is 2.42. The van der Waals surface area contributed by atoms with Gasteiger partial charge in [0.1, 0.15) is 0 Å². The highest BCUT2D eigenvalue weighted by Gasteiger charge is 2.28. The number of amides is 1. The summed E-state index contributed by atoms with van der Waals surface area (Å²) in [5, 5.41) is 9.42. The zero-order valence-electron chi connectivity index (χ0n) is 15.1. The van der Waals surface area contributed by atoms with E-state index in [4.69, 9.17) is 0 Å². The van der Waals surface area contributed by atoms with Gasteiger partial charge in [-0.15, -0.1) is 11.8 Å². The first kappa shape index (κ1) is 18.7. The average Bonchev–Trinajstić information content (AvgIpc) is 2.83. The fourth-order valence-electron chi connectivity index (χ4n) is 3.12. The number of rotatable bonds is 4. The van der Waals surface area contributed by atoms with Gasteiger partial charge in [0.2, 0.25) is 0 Å². The van der Waals surface area contributed by atoms with Gasteiger partial charge >= 0.3 is 5.97 Å². The predicted molar refractivity (Wildman–Crippen MR) is 113 cm³/mol. The van der Waals surface area contributed by atoms with E-state index in [9.17, 15) is 14.7 Å². The number of hydrogen-bond donors (Lipinski definition) is 1. The van der Waals surface area contributed by atoms with Gasteiger partial charge in [0.15, 0.2) is 0 Å². The van der Waals surface area contributed by atoms with Gasteiger partial charge in [-0.25, -0.2) is 4.79 Å². The van der Waals surface area contributed by atoms with Crippen LogP contribution < -0.4 is 4.90 Å². The second-order valence-electron chi connectivity index (χ2n) is 6.33. The van der Waals surface area contributed by atoms with Crippen molar-refractivity contribution in [2.75, 3.05) is 11.2 Å². The normalized spacial score (nSPS) is 12.9. The molecular formula is C22H17NO3S2. The quantitative estimate of drug-likeness (QED) is 0.586. The summed E-state index contributed by atoms with van der Waals surface area (Å²) in [6, 6.07) is 20.5. The first-order valence-electron chi connectivity index (χ1n) is 8.66. The van der Waals surface area contributed by atoms with Crippen molar-refractivity contribution in [2.45, 2.75) is 21.2 Å². The summed E-state index contributed by atoms with van der Waals surface area (Å²) in [6.07, 6.45) is 2.02. The lowest BCUT2D eigenvalue weighted by Gasteiger charge is -2.23. The largest absolute Gasteiger partial charge is 0.478 e. The minimum Gasteiger partial charge on any atom is -0.478 e. The van der Waals surface area contributed by atoms with Crippen LogP contribution in [0.25, 0.3) is 0 Å². The summed E-state index contributed by atoms with van der Waals surface area (Å²) in [4.78, 5) is 29.4. The number of nitrogens with zero attached hydrogens (tertiary/aromatic N) is 1. The topological polar surface area (TPSA) is 57.6 Å². The molecule has 0 unspecified atom stereocenters. The van der Waals surface area contributed by atoms with Gasteiger partial charge in [-0.2, -0.15) is 0 Å². The molecule has 0 saturated carbocycles. The molecule has 1 amide bonds. The SMILES string of the molecule is CSc1ccc(CN2C(=O)c3ccccc3Sc3ccc(C(=O)O)cc32)cc1. The van der Waals surface area contributed by atoms with Gasteiger partial charge in [0.25, 0.3) is 5.91 Å². The van der Waals surface area contributed by atoms with Crippen LogP contribution >= 0.6 is 23.5 Å². The standard InChI is InChI=1S/C22H17NO3S2/c1-27-16-9-6-14(7-10-16)13-23-18-12-15(22(25)26)8-11-20(18)28-19-5-3-2-4-17(19)21(23)24/h2-12H,13H2,1H3,(H,25,26). The predicted octanol–water partition coefficient (Wildman–Crippen LogP) is 5.42. The fraction of sp³-hybridized carbons (Fsp3) is 0.0909. The molecule has 0 aliphatic carbocycles. The maximum absolute atomic E-state index is 13.4. The van der Waals surface area contributed by atoms with Crippen molar-refractivity contribution >= 4 is 41.1 Å². The van der Waals surface area contributed by atoms with Crippen molar-refractivity contribution in [2.24, 2.45) is 0 Å². The van der Waals surface area contributed by atoms with Gasteiger partial charge in [0.05, 0.1) is 23.4 Å². The van der Waals surface area contributed by atoms with E-state index in [0.29, 0.717) is 17.8 Å². The highest BCUT2D eigenvalue weighted by atomic mass is 32.2. The number of fused-ring (bicyclic) bond motifs is 2. The Balaban J connectivity index is 1.82. The molecule has 6 heteroatoms. The Morgan fingerprint density at radius 2 is 1.79 bits per heavy atom. The average molecular weight is 408 g/mol. The number of carbonyl (C=O) groups excluding carboxylic acids is 1. The molecule has 0 saturated heterocycles. The van der Waals surface area contributed by atoms with Crippen LogP contribution in [0.15, 0.2) is 81.4 Å². The van der Waals surface area contributed by atoms with Crippen LogP contribution in [-0.2, 0) is 6.54 Å². The summed E-state index contributed by atoms with van der Waals surface area (Å²) >= 11 is 3.15. The smallest absolute Gasteiger partial charge is 0.335 e. The molecule has 0 aromatic heterocycles. The van der Waals surface area contributed by atoms with Gasteiger partial charge in [0, 0.05) is 14.7 Å². The van der Waals surface area contributed by atoms with E-state index < -0.39 is 5.97 Å². The van der Waals surface area contributed by atoms with Gasteiger partial charge in [-0.1, -0.05) is 36.0 Å². The Morgan fingerprint density at radius 3 is 2.50 bits per heavy atom.